The van der Waals surface area contributed by atoms with Gasteiger partial charge in [-0.1, -0.05) is 35.9 Å². The quantitative estimate of drug-likeness (QED) is 0.650. The molecule has 27 heavy (non-hydrogen) atoms. The third kappa shape index (κ3) is 4.48. The van der Waals surface area contributed by atoms with Crippen LogP contribution in [0.3, 0.4) is 0 Å². The maximum absolute atomic E-state index is 12.6. The molecular weight excluding hydrogens is 364 g/mol. The van der Waals surface area contributed by atoms with Crippen molar-refractivity contribution in [1.29, 1.82) is 0 Å². The van der Waals surface area contributed by atoms with Crippen molar-refractivity contribution in [3.8, 4) is 0 Å². The topological polar surface area (TPSA) is 74.4 Å². The van der Waals surface area contributed by atoms with Crippen LogP contribution in [-0.2, 0) is 9.53 Å². The van der Waals surface area contributed by atoms with Gasteiger partial charge in [-0.25, -0.2) is 10.9 Å². The Balaban J connectivity index is 1.33. The molecule has 4 rings (SSSR count). The van der Waals surface area contributed by atoms with Crippen molar-refractivity contribution in [3.05, 3.63) is 64.7 Å². The first-order valence-electron chi connectivity index (χ1n) is 9.19. The standard InChI is InChI=1S/C20H23ClN4O2/c21-15-5-1-13(2-6-15)17-11-18(25-24-17)20(26)23-16-7-3-14(4-8-16)19-12-22-9-10-27-19/h1-8,17-19,22,24-25H,9-12H2,(H,23,26)/t17?,18?,19-/m1/s1. The first-order valence-corrected chi connectivity index (χ1v) is 9.56. The third-order valence-electron chi connectivity index (χ3n) is 4.97. The first-order chi connectivity index (χ1) is 13.2. The summed E-state index contributed by atoms with van der Waals surface area (Å²) in [4.78, 5) is 12.6. The van der Waals surface area contributed by atoms with Crippen LogP contribution >= 0.6 is 11.6 Å². The monoisotopic (exact) mass is 386 g/mol. The zero-order chi connectivity index (χ0) is 18.6. The van der Waals surface area contributed by atoms with Crippen molar-refractivity contribution in [2.45, 2.75) is 24.6 Å². The van der Waals surface area contributed by atoms with Gasteiger partial charge in [-0.05, 0) is 41.8 Å². The molecule has 2 aromatic rings. The van der Waals surface area contributed by atoms with Crippen molar-refractivity contribution < 1.29 is 9.53 Å². The van der Waals surface area contributed by atoms with Crippen LogP contribution in [0, 0.1) is 0 Å². The summed E-state index contributed by atoms with van der Waals surface area (Å²) in [5, 5.41) is 7.00. The number of hydrazine groups is 1. The van der Waals surface area contributed by atoms with Crippen molar-refractivity contribution >= 4 is 23.2 Å². The van der Waals surface area contributed by atoms with Gasteiger partial charge >= 0.3 is 0 Å². The minimum Gasteiger partial charge on any atom is -0.371 e. The molecule has 4 N–H and O–H groups in total. The largest absolute Gasteiger partial charge is 0.371 e. The Kier molecular flexibility index (Phi) is 5.71. The normalized spacial score (nSPS) is 25.3. The fourth-order valence-corrected chi connectivity index (χ4v) is 3.56. The molecule has 0 radical (unpaired) electrons. The average Bonchev–Trinajstić information content (AvgIpc) is 3.20. The lowest BCUT2D eigenvalue weighted by molar-refractivity contribution is -0.117. The van der Waals surface area contributed by atoms with Crippen molar-refractivity contribution in [1.82, 2.24) is 16.2 Å². The van der Waals surface area contributed by atoms with E-state index in [2.05, 4.69) is 21.5 Å². The van der Waals surface area contributed by atoms with E-state index >= 15 is 0 Å². The van der Waals surface area contributed by atoms with Crippen molar-refractivity contribution in [3.63, 3.8) is 0 Å². The summed E-state index contributed by atoms with van der Waals surface area (Å²) in [6.45, 7) is 2.43. The van der Waals surface area contributed by atoms with Gasteiger partial charge in [0.05, 0.1) is 12.7 Å². The summed E-state index contributed by atoms with van der Waals surface area (Å²) in [5.41, 5.74) is 9.26. The minimum absolute atomic E-state index is 0.0534. The Morgan fingerprint density at radius 1 is 1.04 bits per heavy atom. The van der Waals surface area contributed by atoms with Crippen molar-refractivity contribution in [2.75, 3.05) is 25.0 Å². The van der Waals surface area contributed by atoms with Gasteiger partial charge in [-0.2, -0.15) is 0 Å². The molecule has 2 saturated heterocycles. The number of morpholine rings is 1. The summed E-state index contributed by atoms with van der Waals surface area (Å²) in [6, 6.07) is 15.3. The molecule has 2 aliphatic heterocycles. The number of benzene rings is 2. The number of amides is 1. The Labute approximate surface area is 163 Å². The minimum atomic E-state index is -0.295. The molecule has 2 fully saturated rings. The number of hydrogen-bond donors (Lipinski definition) is 4. The van der Waals surface area contributed by atoms with Gasteiger partial charge in [0.15, 0.2) is 0 Å². The zero-order valence-electron chi connectivity index (χ0n) is 14.9. The van der Waals surface area contributed by atoms with E-state index in [0.29, 0.717) is 11.4 Å². The predicted molar refractivity (Wildman–Crippen MR) is 106 cm³/mol. The van der Waals surface area contributed by atoms with Gasteiger partial charge < -0.3 is 15.4 Å². The fourth-order valence-electron chi connectivity index (χ4n) is 3.43. The molecule has 0 aromatic heterocycles. The predicted octanol–water partition coefficient (Wildman–Crippen LogP) is 2.55. The first kappa shape index (κ1) is 18.4. The van der Waals surface area contributed by atoms with Gasteiger partial charge in [0.2, 0.25) is 5.91 Å². The molecule has 2 aliphatic rings. The smallest absolute Gasteiger partial charge is 0.242 e. The molecule has 0 aliphatic carbocycles. The molecule has 0 saturated carbocycles. The highest BCUT2D eigenvalue weighted by Crippen LogP contribution is 2.25. The number of ether oxygens (including phenoxy) is 1. The fraction of sp³-hybridized carbons (Fsp3) is 0.350. The van der Waals surface area contributed by atoms with Gasteiger partial charge in [-0.3, -0.25) is 4.79 Å². The summed E-state index contributed by atoms with van der Waals surface area (Å²) in [6.07, 6.45) is 0.747. The molecule has 2 heterocycles. The molecule has 7 heteroatoms. The second kappa shape index (κ2) is 8.37. The zero-order valence-corrected chi connectivity index (χ0v) is 15.6. The van der Waals surface area contributed by atoms with Crippen LogP contribution in [0.2, 0.25) is 5.02 Å². The molecule has 2 unspecified atom stereocenters. The maximum atomic E-state index is 12.6. The van der Waals surface area contributed by atoms with E-state index in [9.17, 15) is 4.79 Å². The lowest BCUT2D eigenvalue weighted by Crippen LogP contribution is -2.39. The van der Waals surface area contributed by atoms with Crippen molar-refractivity contribution in [2.24, 2.45) is 0 Å². The van der Waals surface area contributed by atoms with Crippen LogP contribution in [0.1, 0.15) is 29.7 Å². The van der Waals surface area contributed by atoms with Crippen LogP contribution in [-0.4, -0.2) is 31.6 Å². The van der Waals surface area contributed by atoms with E-state index in [1.807, 2.05) is 48.5 Å². The average molecular weight is 387 g/mol. The number of anilines is 1. The summed E-state index contributed by atoms with van der Waals surface area (Å²) >= 11 is 5.94. The maximum Gasteiger partial charge on any atom is 0.242 e. The summed E-state index contributed by atoms with van der Waals surface area (Å²) < 4.78 is 5.75. The molecule has 1 amide bonds. The van der Waals surface area contributed by atoms with Gasteiger partial charge in [0.25, 0.3) is 0 Å². The van der Waals surface area contributed by atoms with Gasteiger partial charge in [0.1, 0.15) is 6.04 Å². The molecule has 2 aromatic carbocycles. The van der Waals surface area contributed by atoms with Gasteiger partial charge in [-0.15, -0.1) is 0 Å². The Morgan fingerprint density at radius 3 is 2.48 bits per heavy atom. The van der Waals surface area contributed by atoms with Crippen LogP contribution in [0.25, 0.3) is 0 Å². The molecular formula is C20H23ClN4O2. The number of carbonyl (C=O) groups is 1. The molecule has 0 bridgehead atoms. The van der Waals surface area contributed by atoms with E-state index in [0.717, 1.165) is 36.5 Å². The highest BCUT2D eigenvalue weighted by Gasteiger charge is 2.30. The van der Waals surface area contributed by atoms with E-state index < -0.39 is 0 Å². The number of rotatable bonds is 4. The van der Waals surface area contributed by atoms with E-state index in [1.54, 1.807) is 0 Å². The Bertz CT molecular complexity index is 776. The van der Waals surface area contributed by atoms with Crippen LogP contribution in [0.4, 0.5) is 5.69 Å². The van der Waals surface area contributed by atoms with E-state index in [4.69, 9.17) is 16.3 Å². The third-order valence-corrected chi connectivity index (χ3v) is 5.22. The molecule has 142 valence electrons. The van der Waals surface area contributed by atoms with Gasteiger partial charge in [0, 0.05) is 29.8 Å². The molecule has 3 atom stereocenters. The summed E-state index contributed by atoms with van der Waals surface area (Å²) in [7, 11) is 0. The molecule has 0 spiro atoms. The van der Waals surface area contributed by atoms with Crippen LogP contribution in [0.5, 0.6) is 0 Å². The number of halogens is 1. The van der Waals surface area contributed by atoms with E-state index in [-0.39, 0.29) is 24.1 Å². The number of nitrogens with one attached hydrogen (secondary N) is 4. The SMILES string of the molecule is O=C(Nc1ccc([C@H]2CNCCO2)cc1)C1CC(c2ccc(Cl)cc2)NN1. The summed E-state index contributed by atoms with van der Waals surface area (Å²) in [5.74, 6) is -0.0534. The number of carbonyl (C=O) groups excluding carboxylic acids is 1. The second-order valence-corrected chi connectivity index (χ2v) is 7.29. The number of hydrogen-bond acceptors (Lipinski definition) is 5. The highest BCUT2D eigenvalue weighted by atomic mass is 35.5. The lowest BCUT2D eigenvalue weighted by Gasteiger charge is -2.24. The van der Waals surface area contributed by atoms with E-state index in [1.165, 1.54) is 0 Å². The molecule has 6 nitrogen and oxygen atoms in total. The Hall–Kier alpha value is -1.96. The highest BCUT2D eigenvalue weighted by molar-refractivity contribution is 6.30. The lowest BCUT2D eigenvalue weighted by atomic mass is 10.0. The van der Waals surface area contributed by atoms with Crippen LogP contribution in [0.15, 0.2) is 48.5 Å². The van der Waals surface area contributed by atoms with Crippen LogP contribution < -0.4 is 21.5 Å². The second-order valence-electron chi connectivity index (χ2n) is 6.86. The Morgan fingerprint density at radius 2 is 1.78 bits per heavy atom.